The van der Waals surface area contributed by atoms with Gasteiger partial charge in [-0.05, 0) is 53.1 Å². The minimum atomic E-state index is -0.272. The summed E-state index contributed by atoms with van der Waals surface area (Å²) in [5, 5.41) is 0. The Balaban J connectivity index is 0.929. The van der Waals surface area contributed by atoms with Crippen molar-refractivity contribution in [3.05, 3.63) is 180 Å². The fourth-order valence-electron chi connectivity index (χ4n) is 9.09. The third kappa shape index (κ3) is 5.60. The molecule has 5 heterocycles. The highest BCUT2D eigenvalue weighted by Gasteiger charge is 2.41. The fourth-order valence-corrected chi connectivity index (χ4v) is 10.1. The molecule has 7 heteroatoms. The molecular weight excluding hydrogens is 741 g/mol. The average molecular weight is 779 g/mol. The van der Waals surface area contributed by atoms with Crippen LogP contribution in [0.15, 0.2) is 158 Å². The maximum atomic E-state index is 5.23. The molecule has 0 spiro atoms. The van der Waals surface area contributed by atoms with Crippen molar-refractivity contribution in [3.63, 3.8) is 0 Å². The Kier molecular flexibility index (Phi) is 7.94. The number of benzene rings is 4. The Morgan fingerprint density at radius 2 is 0.932 bits per heavy atom. The highest BCUT2D eigenvalue weighted by Crippen LogP contribution is 2.53. The Bertz CT molecular complexity index is 2870. The maximum absolute atomic E-state index is 5.23. The summed E-state index contributed by atoms with van der Waals surface area (Å²) in [6, 6.07) is 48.8. The SMILES string of the molecule is CC1(C)c2ccccc2-c2nc(-c3cccnc3)nc(-c3ccc(-c4ccc(-c5ccc(-c6nc(-c7ccccc7)nc7c6C(C)(C)c6ccccc6-7)nc5)s4)cc3)c21. The summed E-state index contributed by atoms with van der Waals surface area (Å²) in [5.41, 5.74) is 16.4. The number of rotatable bonds is 6. The number of pyridine rings is 2. The molecule has 0 fully saturated rings. The van der Waals surface area contributed by atoms with Gasteiger partial charge in [0.1, 0.15) is 0 Å². The van der Waals surface area contributed by atoms with Gasteiger partial charge in [-0.3, -0.25) is 9.97 Å². The van der Waals surface area contributed by atoms with E-state index in [1.54, 1.807) is 17.5 Å². The van der Waals surface area contributed by atoms with E-state index >= 15 is 0 Å². The molecule has 0 atom stereocenters. The van der Waals surface area contributed by atoms with E-state index in [1.807, 2.05) is 42.7 Å². The summed E-state index contributed by atoms with van der Waals surface area (Å²) < 4.78 is 0. The van der Waals surface area contributed by atoms with Gasteiger partial charge in [-0.25, -0.2) is 19.9 Å². The number of nitrogens with zero attached hydrogens (tertiary/aromatic N) is 6. The molecule has 11 rings (SSSR count). The van der Waals surface area contributed by atoms with Crippen molar-refractivity contribution in [2.75, 3.05) is 0 Å². The van der Waals surface area contributed by atoms with Crippen molar-refractivity contribution in [2.24, 2.45) is 0 Å². The standard InChI is InChI=1S/C52H38N6S/c1-51(2)38-18-10-8-16-36(38)46-43(51)45(55-50(57-46)35-15-12-28-53-29-35)32-22-20-31(21-23-32)41-26-27-42(59-41)34-24-25-40(54-30-34)48-44-47(37-17-9-11-19-39(37)52(44,3)4)56-49(58-48)33-13-6-5-7-14-33/h5-30H,1-4H3. The molecule has 4 aromatic carbocycles. The van der Waals surface area contributed by atoms with E-state index in [0.29, 0.717) is 11.6 Å². The molecule has 0 unspecified atom stereocenters. The second-order valence-electron chi connectivity index (χ2n) is 16.4. The average Bonchev–Trinajstić information content (AvgIpc) is 3.94. The fraction of sp³-hybridized carbons (Fsp3) is 0.115. The molecule has 0 saturated carbocycles. The van der Waals surface area contributed by atoms with Crippen LogP contribution in [0.1, 0.15) is 49.9 Å². The van der Waals surface area contributed by atoms with Crippen LogP contribution in [-0.2, 0) is 10.8 Å². The summed E-state index contributed by atoms with van der Waals surface area (Å²) in [4.78, 5) is 32.6. The van der Waals surface area contributed by atoms with Crippen LogP contribution in [0.4, 0.5) is 0 Å². The molecule has 9 aromatic rings. The first kappa shape index (κ1) is 35.2. The molecule has 5 aromatic heterocycles. The third-order valence-electron chi connectivity index (χ3n) is 12.1. The van der Waals surface area contributed by atoms with Gasteiger partial charge in [0.2, 0.25) is 0 Å². The van der Waals surface area contributed by atoms with Gasteiger partial charge in [0, 0.05) is 83.7 Å². The Labute approximate surface area is 347 Å². The number of fused-ring (bicyclic) bond motifs is 6. The Hall–Kier alpha value is -6.96. The van der Waals surface area contributed by atoms with E-state index in [2.05, 4.69) is 142 Å². The zero-order valence-corrected chi connectivity index (χ0v) is 33.9. The highest BCUT2D eigenvalue weighted by atomic mass is 32.1. The second-order valence-corrected chi connectivity index (χ2v) is 17.4. The van der Waals surface area contributed by atoms with Crippen LogP contribution in [0.3, 0.4) is 0 Å². The molecule has 0 aliphatic heterocycles. The third-order valence-corrected chi connectivity index (χ3v) is 13.3. The van der Waals surface area contributed by atoms with E-state index in [0.717, 1.165) is 77.9 Å². The summed E-state index contributed by atoms with van der Waals surface area (Å²) >= 11 is 1.77. The van der Waals surface area contributed by atoms with Crippen molar-refractivity contribution >= 4 is 11.3 Å². The van der Waals surface area contributed by atoms with Crippen LogP contribution in [0.5, 0.6) is 0 Å². The first-order valence-electron chi connectivity index (χ1n) is 19.9. The number of hydrogen-bond acceptors (Lipinski definition) is 7. The first-order valence-corrected chi connectivity index (χ1v) is 20.8. The molecule has 0 amide bonds. The van der Waals surface area contributed by atoms with Crippen molar-refractivity contribution in [1.29, 1.82) is 0 Å². The number of thiophene rings is 1. The van der Waals surface area contributed by atoms with Crippen LogP contribution in [0.2, 0.25) is 0 Å². The number of aromatic nitrogens is 6. The van der Waals surface area contributed by atoms with Gasteiger partial charge in [0.25, 0.3) is 0 Å². The van der Waals surface area contributed by atoms with Gasteiger partial charge in [-0.2, -0.15) is 0 Å². The van der Waals surface area contributed by atoms with E-state index < -0.39 is 0 Å². The minimum Gasteiger partial charge on any atom is -0.264 e. The molecule has 2 aliphatic carbocycles. The van der Waals surface area contributed by atoms with Crippen LogP contribution in [0, 0.1) is 0 Å². The van der Waals surface area contributed by atoms with Gasteiger partial charge < -0.3 is 0 Å². The van der Waals surface area contributed by atoms with Crippen molar-refractivity contribution in [2.45, 2.75) is 38.5 Å². The molecule has 282 valence electrons. The zero-order chi connectivity index (χ0) is 39.9. The summed E-state index contributed by atoms with van der Waals surface area (Å²) in [6.07, 6.45) is 5.60. The highest BCUT2D eigenvalue weighted by molar-refractivity contribution is 7.18. The summed E-state index contributed by atoms with van der Waals surface area (Å²) in [5.74, 6) is 1.39. The van der Waals surface area contributed by atoms with Gasteiger partial charge in [0.15, 0.2) is 11.6 Å². The van der Waals surface area contributed by atoms with E-state index in [9.17, 15) is 0 Å². The molecule has 0 radical (unpaired) electrons. The lowest BCUT2D eigenvalue weighted by Gasteiger charge is -2.23. The van der Waals surface area contributed by atoms with Gasteiger partial charge >= 0.3 is 0 Å². The topological polar surface area (TPSA) is 77.3 Å². The molecule has 0 N–H and O–H groups in total. The van der Waals surface area contributed by atoms with Crippen LogP contribution in [-0.4, -0.2) is 29.9 Å². The smallest absolute Gasteiger partial charge is 0.161 e. The van der Waals surface area contributed by atoms with Crippen LogP contribution < -0.4 is 0 Å². The van der Waals surface area contributed by atoms with Crippen molar-refractivity contribution in [1.82, 2.24) is 29.9 Å². The predicted octanol–water partition coefficient (Wildman–Crippen LogP) is 12.7. The molecular formula is C52H38N6S. The molecule has 59 heavy (non-hydrogen) atoms. The van der Waals surface area contributed by atoms with Gasteiger partial charge in [0.05, 0.1) is 28.5 Å². The van der Waals surface area contributed by atoms with Crippen molar-refractivity contribution < 1.29 is 0 Å². The Morgan fingerprint density at radius 1 is 0.407 bits per heavy atom. The molecule has 0 bridgehead atoms. The molecule has 6 nitrogen and oxygen atoms in total. The zero-order valence-electron chi connectivity index (χ0n) is 33.1. The lowest BCUT2D eigenvalue weighted by atomic mass is 9.81. The maximum Gasteiger partial charge on any atom is 0.161 e. The van der Waals surface area contributed by atoms with Crippen LogP contribution in [0.25, 0.3) is 88.8 Å². The van der Waals surface area contributed by atoms with Gasteiger partial charge in [-0.15, -0.1) is 11.3 Å². The quantitative estimate of drug-likeness (QED) is 0.167. The predicted molar refractivity (Wildman–Crippen MR) is 239 cm³/mol. The second kappa shape index (κ2) is 13.3. The first-order chi connectivity index (χ1) is 28.8. The van der Waals surface area contributed by atoms with E-state index in [1.165, 1.54) is 21.6 Å². The largest absolute Gasteiger partial charge is 0.264 e. The summed E-state index contributed by atoms with van der Waals surface area (Å²) in [7, 11) is 0. The van der Waals surface area contributed by atoms with Gasteiger partial charge in [-0.1, -0.05) is 131 Å². The van der Waals surface area contributed by atoms with Crippen LogP contribution >= 0.6 is 11.3 Å². The van der Waals surface area contributed by atoms with E-state index in [-0.39, 0.29) is 10.8 Å². The number of hydrogen-bond donors (Lipinski definition) is 0. The lowest BCUT2D eigenvalue weighted by Crippen LogP contribution is -2.17. The lowest BCUT2D eigenvalue weighted by molar-refractivity contribution is 0.657. The van der Waals surface area contributed by atoms with E-state index in [4.69, 9.17) is 24.9 Å². The summed E-state index contributed by atoms with van der Waals surface area (Å²) in [6.45, 7) is 9.08. The monoisotopic (exact) mass is 778 g/mol. The Morgan fingerprint density at radius 3 is 1.56 bits per heavy atom. The molecule has 2 aliphatic rings. The normalized spacial score (nSPS) is 14.0. The van der Waals surface area contributed by atoms with Crippen molar-refractivity contribution in [3.8, 4) is 88.8 Å². The molecule has 0 saturated heterocycles. The minimum absolute atomic E-state index is 0.251.